The van der Waals surface area contributed by atoms with Crippen LogP contribution in [-0.2, 0) is 40.5 Å². The van der Waals surface area contributed by atoms with Crippen molar-refractivity contribution in [2.75, 3.05) is 5.73 Å². The van der Waals surface area contributed by atoms with Gasteiger partial charge in [0.1, 0.15) is 15.8 Å². The van der Waals surface area contributed by atoms with Gasteiger partial charge in [-0.1, -0.05) is 18.2 Å². The number of hydrogen-bond acceptors (Lipinski definition) is 12. The number of aliphatic imine (C=N–C) groups is 2. The van der Waals surface area contributed by atoms with E-state index in [0.29, 0.717) is 18.2 Å². The van der Waals surface area contributed by atoms with Crippen LogP contribution in [0.2, 0.25) is 0 Å². The third-order valence-electron chi connectivity index (χ3n) is 5.44. The summed E-state index contributed by atoms with van der Waals surface area (Å²) in [6.45, 7) is 0. The van der Waals surface area contributed by atoms with Crippen LogP contribution in [0.1, 0.15) is 0 Å². The van der Waals surface area contributed by atoms with Crippen molar-refractivity contribution in [1.82, 2.24) is 0 Å². The molecule has 0 saturated heterocycles. The molecule has 0 aliphatic rings. The number of benzene rings is 4. The summed E-state index contributed by atoms with van der Waals surface area (Å²) < 4.78 is 130. The molecule has 0 saturated carbocycles. The zero-order valence-electron chi connectivity index (χ0n) is 20.5. The van der Waals surface area contributed by atoms with E-state index in [4.69, 9.17) is 9.92 Å². The van der Waals surface area contributed by atoms with Crippen LogP contribution in [-0.4, -0.2) is 53.3 Å². The molecule has 220 valence electrons. The normalized spacial score (nSPS) is 12.5. The van der Waals surface area contributed by atoms with Crippen LogP contribution in [0.5, 0.6) is 5.75 Å². The molecule has 0 bridgehead atoms. The molecule has 0 atom stereocenters. The largest absolute Gasteiger partial charge is 0.398 e. The second kappa shape index (κ2) is 10.9. The van der Waals surface area contributed by atoms with E-state index in [9.17, 15) is 47.3 Å². The molecule has 0 fully saturated rings. The number of nitrogens with zero attached hydrogens (tertiary/aromatic N) is 2. The molecule has 0 heterocycles. The average Bonchev–Trinajstić information content (AvgIpc) is 2.88. The predicted molar refractivity (Wildman–Crippen MR) is 148 cm³/mol. The summed E-state index contributed by atoms with van der Waals surface area (Å²) in [5.41, 5.74) is 5.04. The number of hydrogen-bond donors (Lipinski definition) is 4. The molecule has 15 nitrogen and oxygen atoms in total. The van der Waals surface area contributed by atoms with Gasteiger partial charge in [-0.25, -0.2) is 0 Å². The average molecular weight is 656 g/mol. The highest BCUT2D eigenvalue weighted by Crippen LogP contribution is 2.40. The molecule has 0 radical (unpaired) electrons. The maximum atomic E-state index is 12.9. The van der Waals surface area contributed by atoms with E-state index in [1.165, 1.54) is 36.4 Å². The highest BCUT2D eigenvalue weighted by molar-refractivity contribution is 7.87. The van der Waals surface area contributed by atoms with Gasteiger partial charge >= 0.3 is 10.1 Å². The van der Waals surface area contributed by atoms with E-state index in [0.717, 1.165) is 12.1 Å². The molecule has 4 aromatic carbocycles. The van der Waals surface area contributed by atoms with Gasteiger partial charge in [-0.15, -0.1) is 0 Å². The van der Waals surface area contributed by atoms with Gasteiger partial charge in [0.05, 0.1) is 26.6 Å². The minimum absolute atomic E-state index is 0.101. The Morgan fingerprint density at radius 3 is 1.86 bits per heavy atom. The Hall–Kier alpha value is -4.20. The van der Waals surface area contributed by atoms with Crippen molar-refractivity contribution in [3.63, 3.8) is 0 Å². The van der Waals surface area contributed by atoms with Crippen LogP contribution in [0.4, 0.5) is 17.1 Å². The Balaban J connectivity index is 1.95. The fraction of sp³-hybridized carbons (Fsp3) is 0. The van der Waals surface area contributed by atoms with Gasteiger partial charge in [0.2, 0.25) is 0 Å². The number of fused-ring (bicyclic) bond motifs is 1. The quantitative estimate of drug-likeness (QED) is 0.0922. The summed E-state index contributed by atoms with van der Waals surface area (Å²) in [4.78, 5) is 4.75. The Labute approximate surface area is 239 Å². The standard InChI is InChI=1S/C23H17N3O12S4/c24-18-7-8-19(25-13-26-20-11-15(39(27,28)29)6-9-22(20)41(33,34)35)17-10-16(40(30,31)32)12-21(23(17)18)38-42(36,37)14-4-2-1-3-5-14/h1-12H,24H2,(H,27,28,29)(H,30,31,32)(H,33,34,35). The van der Waals surface area contributed by atoms with Crippen LogP contribution < -0.4 is 9.92 Å². The predicted octanol–water partition coefficient (Wildman–Crippen LogP) is 3.07. The number of nitrogen functional groups attached to an aromatic ring is 1. The van der Waals surface area contributed by atoms with Crippen molar-refractivity contribution >= 4 is 74.3 Å². The lowest BCUT2D eigenvalue weighted by Crippen LogP contribution is -2.11. The molecule has 4 rings (SSSR count). The van der Waals surface area contributed by atoms with E-state index in [2.05, 4.69) is 16.0 Å². The number of nitrogens with two attached hydrogens (primary N) is 1. The second-order valence-corrected chi connectivity index (χ2v) is 14.0. The first-order chi connectivity index (χ1) is 19.4. The molecule has 19 heteroatoms. The van der Waals surface area contributed by atoms with Gasteiger partial charge < -0.3 is 9.92 Å². The van der Waals surface area contributed by atoms with Gasteiger partial charge in [0, 0.05) is 17.1 Å². The van der Waals surface area contributed by atoms with Crippen molar-refractivity contribution in [3.05, 3.63) is 72.8 Å². The molecule has 0 amide bonds. The molecule has 5 N–H and O–H groups in total. The Bertz CT molecular complexity index is 2250. The number of anilines is 1. The monoisotopic (exact) mass is 655 g/mol. The summed E-state index contributed by atoms with van der Waals surface area (Å²) in [6, 6.07) is 14.9. The lowest BCUT2D eigenvalue weighted by Gasteiger charge is -2.14. The Kier molecular flexibility index (Phi) is 7.98. The first kappa shape index (κ1) is 30.8. The lowest BCUT2D eigenvalue weighted by molar-refractivity contribution is 0.477. The zero-order valence-corrected chi connectivity index (χ0v) is 23.8. The molecule has 0 unspecified atom stereocenters. The van der Waals surface area contributed by atoms with Crippen molar-refractivity contribution in [3.8, 4) is 5.75 Å². The molecular weight excluding hydrogens is 639 g/mol. The smallest absolute Gasteiger partial charge is 0.339 e. The molecule has 0 aliphatic heterocycles. The molecular formula is C23H17N3O12S4. The minimum Gasteiger partial charge on any atom is -0.398 e. The molecule has 0 spiro atoms. The summed E-state index contributed by atoms with van der Waals surface area (Å²) in [5.74, 6) is -0.593. The van der Waals surface area contributed by atoms with Crippen LogP contribution in [0, 0.1) is 0 Å². The van der Waals surface area contributed by atoms with E-state index >= 15 is 0 Å². The van der Waals surface area contributed by atoms with Crippen LogP contribution in [0.25, 0.3) is 10.8 Å². The summed E-state index contributed by atoms with van der Waals surface area (Å²) in [6.07, 6.45) is 0. The Morgan fingerprint density at radius 2 is 1.26 bits per heavy atom. The number of rotatable bonds is 8. The maximum absolute atomic E-state index is 12.9. The van der Waals surface area contributed by atoms with Gasteiger partial charge in [-0.05, 0) is 48.5 Å². The van der Waals surface area contributed by atoms with Gasteiger partial charge in [0.15, 0.2) is 5.75 Å². The van der Waals surface area contributed by atoms with Crippen molar-refractivity contribution in [2.24, 2.45) is 9.98 Å². The van der Waals surface area contributed by atoms with E-state index in [1.54, 1.807) is 6.07 Å². The van der Waals surface area contributed by atoms with Crippen molar-refractivity contribution in [2.45, 2.75) is 19.6 Å². The third kappa shape index (κ3) is 6.64. The maximum Gasteiger partial charge on any atom is 0.339 e. The van der Waals surface area contributed by atoms with Crippen molar-refractivity contribution in [1.29, 1.82) is 0 Å². The van der Waals surface area contributed by atoms with Gasteiger partial charge in [-0.3, -0.25) is 13.7 Å². The first-order valence-electron chi connectivity index (χ1n) is 11.0. The summed E-state index contributed by atoms with van der Waals surface area (Å²) in [7, 11) is -19.2. The van der Waals surface area contributed by atoms with E-state index in [-0.39, 0.29) is 27.0 Å². The van der Waals surface area contributed by atoms with Crippen LogP contribution >= 0.6 is 0 Å². The highest BCUT2D eigenvalue weighted by atomic mass is 32.2. The van der Waals surface area contributed by atoms with Gasteiger partial charge in [0.25, 0.3) is 30.4 Å². The lowest BCUT2D eigenvalue weighted by atomic mass is 10.1. The molecule has 0 aliphatic carbocycles. The molecule has 42 heavy (non-hydrogen) atoms. The molecule has 4 aromatic rings. The van der Waals surface area contributed by atoms with Crippen LogP contribution in [0.3, 0.4) is 0 Å². The summed E-state index contributed by atoms with van der Waals surface area (Å²) >= 11 is 0. The summed E-state index contributed by atoms with van der Waals surface area (Å²) in [5, 5.41) is -0.343. The molecule has 0 aromatic heterocycles. The van der Waals surface area contributed by atoms with Gasteiger partial charge in [-0.2, -0.15) is 43.7 Å². The topological polar surface area (TPSA) is 257 Å². The van der Waals surface area contributed by atoms with E-state index < -0.39 is 66.6 Å². The third-order valence-corrected chi connectivity index (χ3v) is 9.27. The minimum atomic E-state index is -4.95. The van der Waals surface area contributed by atoms with Crippen molar-refractivity contribution < 1.29 is 51.5 Å². The highest BCUT2D eigenvalue weighted by Gasteiger charge is 2.24. The fourth-order valence-corrected chi connectivity index (χ4v) is 6.18. The Morgan fingerprint density at radius 1 is 0.643 bits per heavy atom. The van der Waals surface area contributed by atoms with Crippen LogP contribution in [0.15, 0.2) is 102 Å². The van der Waals surface area contributed by atoms with E-state index in [1.807, 2.05) is 0 Å². The fourth-order valence-electron chi connectivity index (χ4n) is 3.59. The second-order valence-electron chi connectivity index (χ2n) is 8.25. The SMILES string of the molecule is Nc1ccc(N=C=Nc2cc(S(=O)(=O)O)ccc2S(=O)(=O)O)c2cc(S(=O)(=O)O)cc(OS(=O)(=O)c3ccccc3)c12. The zero-order chi connectivity index (χ0) is 31.1. The first-order valence-corrected chi connectivity index (χ1v) is 16.7.